The summed E-state index contributed by atoms with van der Waals surface area (Å²) in [4.78, 5) is 49.4. The van der Waals surface area contributed by atoms with Gasteiger partial charge in [0.15, 0.2) is 10.9 Å². The van der Waals surface area contributed by atoms with Gasteiger partial charge in [-0.3, -0.25) is 19.3 Å². The summed E-state index contributed by atoms with van der Waals surface area (Å²) in [7, 11) is 1.32. The number of hydrogen-bond acceptors (Lipinski definition) is 10. The number of anilines is 2. The predicted molar refractivity (Wildman–Crippen MR) is 180 cm³/mol. The summed E-state index contributed by atoms with van der Waals surface area (Å²) in [6.07, 6.45) is 6.11. The van der Waals surface area contributed by atoms with Crippen molar-refractivity contribution >= 4 is 39.8 Å². The number of carbonyl (C=O) groups excluding carboxylic acids is 3. The van der Waals surface area contributed by atoms with E-state index < -0.39 is 11.5 Å². The zero-order chi connectivity index (χ0) is 31.9. The number of ketones is 1. The standard InChI is InChI=1S/C35H43N5O5S/c1-44-31(41)23-36-29-8-4-3-7-28(29)32(42)35(15-5-2-6-16-35)38-33(43)26-11-9-25(10-12-26)30-24-46-34(37-30)40-17-13-27(14-18-40)39-19-21-45-22-20-39/h3-4,7-12,24,27,36H,2,5-6,13-23H2,1H3,(H,38,43). The number of amides is 1. The van der Waals surface area contributed by atoms with Gasteiger partial charge in [0.1, 0.15) is 12.1 Å². The molecule has 3 aliphatic rings. The third-order valence-corrected chi connectivity index (χ3v) is 10.5. The molecule has 2 saturated heterocycles. The van der Waals surface area contributed by atoms with E-state index in [-0.39, 0.29) is 18.2 Å². The number of rotatable bonds is 10. The molecule has 0 unspecified atom stereocenters. The Morgan fingerprint density at radius 3 is 2.41 bits per heavy atom. The molecule has 0 spiro atoms. The van der Waals surface area contributed by atoms with Gasteiger partial charge in [-0.15, -0.1) is 11.3 Å². The Kier molecular flexibility index (Phi) is 10.3. The van der Waals surface area contributed by atoms with Gasteiger partial charge in [0.25, 0.3) is 5.91 Å². The van der Waals surface area contributed by atoms with Gasteiger partial charge in [0, 0.05) is 60.0 Å². The summed E-state index contributed by atoms with van der Waals surface area (Å²) < 4.78 is 10.3. The van der Waals surface area contributed by atoms with Crippen LogP contribution in [0.1, 0.15) is 65.7 Å². The molecule has 6 rings (SSSR count). The van der Waals surface area contributed by atoms with E-state index in [2.05, 4.69) is 25.8 Å². The van der Waals surface area contributed by atoms with Gasteiger partial charge in [0.2, 0.25) is 0 Å². The number of aromatic nitrogens is 1. The molecule has 1 aliphatic carbocycles. The first-order valence-electron chi connectivity index (χ1n) is 16.4. The fourth-order valence-electron chi connectivity index (χ4n) is 6.89. The number of nitrogens with zero attached hydrogens (tertiary/aromatic N) is 3. The molecule has 1 amide bonds. The summed E-state index contributed by atoms with van der Waals surface area (Å²) in [5, 5.41) is 9.29. The Labute approximate surface area is 274 Å². The lowest BCUT2D eigenvalue weighted by Crippen LogP contribution is -2.55. The summed E-state index contributed by atoms with van der Waals surface area (Å²) in [5.74, 6) is -0.845. The highest BCUT2D eigenvalue weighted by molar-refractivity contribution is 7.14. The van der Waals surface area contributed by atoms with Crippen LogP contribution in [0.5, 0.6) is 0 Å². The van der Waals surface area contributed by atoms with E-state index in [1.807, 2.05) is 30.3 Å². The molecule has 0 atom stereocenters. The highest BCUT2D eigenvalue weighted by atomic mass is 32.1. The van der Waals surface area contributed by atoms with Crippen molar-refractivity contribution in [2.24, 2.45) is 0 Å². The number of methoxy groups -OCH3 is 1. The van der Waals surface area contributed by atoms with Crippen LogP contribution in [0.15, 0.2) is 53.9 Å². The molecule has 10 nitrogen and oxygen atoms in total. The van der Waals surface area contributed by atoms with Crippen LogP contribution in [-0.2, 0) is 14.3 Å². The molecule has 46 heavy (non-hydrogen) atoms. The number of ether oxygens (including phenoxy) is 2. The van der Waals surface area contributed by atoms with Crippen LogP contribution in [0, 0.1) is 0 Å². The van der Waals surface area contributed by atoms with E-state index in [9.17, 15) is 14.4 Å². The van der Waals surface area contributed by atoms with Crippen LogP contribution in [0.4, 0.5) is 10.8 Å². The molecular formula is C35H43N5O5S. The maximum absolute atomic E-state index is 14.1. The first-order valence-corrected chi connectivity index (χ1v) is 17.2. The van der Waals surface area contributed by atoms with Crippen LogP contribution >= 0.6 is 11.3 Å². The monoisotopic (exact) mass is 645 g/mol. The number of thiazole rings is 1. The molecule has 3 fully saturated rings. The molecule has 3 heterocycles. The summed E-state index contributed by atoms with van der Waals surface area (Å²) in [5.41, 5.74) is 2.34. The van der Waals surface area contributed by atoms with Gasteiger partial charge in [-0.1, -0.05) is 43.5 Å². The van der Waals surface area contributed by atoms with E-state index in [1.165, 1.54) is 7.11 Å². The summed E-state index contributed by atoms with van der Waals surface area (Å²) in [6, 6.07) is 15.2. The van der Waals surface area contributed by atoms with Crippen molar-refractivity contribution in [3.8, 4) is 11.3 Å². The van der Waals surface area contributed by atoms with Gasteiger partial charge in [-0.05, 0) is 49.9 Å². The topological polar surface area (TPSA) is 113 Å². The number of esters is 1. The molecule has 244 valence electrons. The SMILES string of the molecule is COC(=O)CNc1ccccc1C(=O)C1(NC(=O)c2ccc(-c3csc(N4CCC(N5CCOCC5)CC4)n3)cc2)CCCCC1. The molecule has 2 N–H and O–H groups in total. The third-order valence-electron chi connectivity index (χ3n) is 9.55. The van der Waals surface area contributed by atoms with Crippen molar-refractivity contribution in [1.29, 1.82) is 0 Å². The molecule has 0 bridgehead atoms. The zero-order valence-corrected chi connectivity index (χ0v) is 27.3. The average Bonchev–Trinajstić information content (AvgIpc) is 3.62. The van der Waals surface area contributed by atoms with E-state index in [4.69, 9.17) is 14.5 Å². The summed E-state index contributed by atoms with van der Waals surface area (Å²) in [6.45, 7) is 5.67. The normalized spacial score (nSPS) is 18.9. The number of nitrogens with one attached hydrogen (secondary N) is 2. The Hall–Kier alpha value is -3.80. The lowest BCUT2D eigenvalue weighted by Gasteiger charge is -2.40. The lowest BCUT2D eigenvalue weighted by molar-refractivity contribution is -0.138. The van der Waals surface area contributed by atoms with Crippen LogP contribution in [0.25, 0.3) is 11.3 Å². The molecular weight excluding hydrogens is 602 g/mol. The first kappa shape index (κ1) is 32.2. The van der Waals surface area contributed by atoms with Gasteiger partial charge in [-0.2, -0.15) is 0 Å². The molecule has 11 heteroatoms. The number of piperidine rings is 1. The van der Waals surface area contributed by atoms with E-state index in [0.717, 1.165) is 87.9 Å². The highest BCUT2D eigenvalue weighted by Gasteiger charge is 2.42. The zero-order valence-electron chi connectivity index (χ0n) is 26.5. The largest absolute Gasteiger partial charge is 0.468 e. The molecule has 2 aromatic carbocycles. The molecule has 2 aliphatic heterocycles. The second-order valence-electron chi connectivity index (χ2n) is 12.4. The maximum Gasteiger partial charge on any atom is 0.325 e. The van der Waals surface area contributed by atoms with Gasteiger partial charge >= 0.3 is 5.97 Å². The fourth-order valence-corrected chi connectivity index (χ4v) is 7.77. The molecule has 1 saturated carbocycles. The van der Waals surface area contributed by atoms with Crippen molar-refractivity contribution in [2.75, 3.05) is 63.3 Å². The van der Waals surface area contributed by atoms with Crippen LogP contribution in [0.2, 0.25) is 0 Å². The quantitative estimate of drug-likeness (QED) is 0.232. The number of hydrogen-bond donors (Lipinski definition) is 2. The second kappa shape index (κ2) is 14.7. The van der Waals surface area contributed by atoms with Gasteiger partial charge in [0.05, 0.1) is 26.0 Å². The van der Waals surface area contributed by atoms with Crippen molar-refractivity contribution < 1.29 is 23.9 Å². The number of benzene rings is 2. The minimum Gasteiger partial charge on any atom is -0.468 e. The Morgan fingerprint density at radius 2 is 1.70 bits per heavy atom. The maximum atomic E-state index is 14.1. The van der Waals surface area contributed by atoms with Crippen molar-refractivity contribution in [1.82, 2.24) is 15.2 Å². The highest BCUT2D eigenvalue weighted by Crippen LogP contribution is 2.34. The van der Waals surface area contributed by atoms with Gasteiger partial charge in [-0.25, -0.2) is 4.98 Å². The van der Waals surface area contributed by atoms with Crippen LogP contribution in [0.3, 0.4) is 0 Å². The minimum absolute atomic E-state index is 0.0552. The third kappa shape index (κ3) is 7.27. The van der Waals surface area contributed by atoms with Crippen molar-refractivity contribution in [3.05, 3.63) is 65.0 Å². The van der Waals surface area contributed by atoms with Gasteiger partial charge < -0.3 is 25.0 Å². The van der Waals surface area contributed by atoms with E-state index >= 15 is 0 Å². The number of Topliss-reactive ketones (excluding diaryl/α,β-unsaturated/α-hetero) is 1. The van der Waals surface area contributed by atoms with E-state index in [1.54, 1.807) is 29.5 Å². The summed E-state index contributed by atoms with van der Waals surface area (Å²) >= 11 is 1.66. The smallest absolute Gasteiger partial charge is 0.325 e. The average molecular weight is 646 g/mol. The van der Waals surface area contributed by atoms with E-state index in [0.29, 0.717) is 35.7 Å². The fraction of sp³-hybridized carbons (Fsp3) is 0.486. The number of carbonyl (C=O) groups is 3. The Bertz CT molecular complexity index is 1510. The Morgan fingerprint density at radius 1 is 0.978 bits per heavy atom. The minimum atomic E-state index is -1.02. The lowest BCUT2D eigenvalue weighted by atomic mass is 9.76. The Balaban J connectivity index is 1.11. The molecule has 0 radical (unpaired) electrons. The number of morpholine rings is 1. The van der Waals surface area contributed by atoms with Crippen LogP contribution < -0.4 is 15.5 Å². The van der Waals surface area contributed by atoms with Crippen molar-refractivity contribution in [2.45, 2.75) is 56.5 Å². The van der Waals surface area contributed by atoms with Crippen LogP contribution in [-0.4, -0.2) is 92.2 Å². The number of para-hydroxylation sites is 1. The first-order chi connectivity index (χ1) is 22.5. The predicted octanol–water partition coefficient (Wildman–Crippen LogP) is 5.01. The van der Waals surface area contributed by atoms with Crippen molar-refractivity contribution in [3.63, 3.8) is 0 Å². The molecule has 1 aromatic heterocycles. The molecule has 3 aromatic rings. The second-order valence-corrected chi connectivity index (χ2v) is 13.2.